The third kappa shape index (κ3) is 5.16. The lowest BCUT2D eigenvalue weighted by Crippen LogP contribution is -2.07. The molecule has 0 radical (unpaired) electrons. The van der Waals surface area contributed by atoms with E-state index in [-0.39, 0.29) is 63.2 Å². The quantitative estimate of drug-likeness (QED) is 0.123. The highest BCUT2D eigenvalue weighted by atomic mass is 16.3. The Kier molecular flexibility index (Phi) is 8.04. The summed E-state index contributed by atoms with van der Waals surface area (Å²) in [6.07, 6.45) is 14.1. The summed E-state index contributed by atoms with van der Waals surface area (Å²) < 4.78 is 5.79. The fraction of sp³-hybridized carbons (Fsp3) is 0.370. The molecule has 0 atom stereocenters. The standard InChI is InChI=1S/C27H32O6/c1-3-5-7-9-11-13-17-19(28)15-22-24(26(17)31)27(32)23-18(14-12-10-8-6-4-2)25(30)20(29)16-21(23)33-22/h9-12,15-16,28-31H,3-8,13-14H2,1-2H3. The Hall–Kier alpha value is -3.41. The van der Waals surface area contributed by atoms with Gasteiger partial charge in [-0.15, -0.1) is 0 Å². The van der Waals surface area contributed by atoms with Gasteiger partial charge in [0.15, 0.2) is 11.5 Å². The van der Waals surface area contributed by atoms with Gasteiger partial charge in [-0.25, -0.2) is 0 Å². The van der Waals surface area contributed by atoms with Crippen LogP contribution in [0.15, 0.2) is 45.6 Å². The van der Waals surface area contributed by atoms with Crippen molar-refractivity contribution in [2.45, 2.75) is 65.2 Å². The van der Waals surface area contributed by atoms with Gasteiger partial charge in [-0.1, -0.05) is 63.8 Å². The zero-order valence-corrected chi connectivity index (χ0v) is 19.2. The lowest BCUT2D eigenvalue weighted by molar-refractivity contribution is 0.400. The van der Waals surface area contributed by atoms with Crippen molar-refractivity contribution in [2.75, 3.05) is 0 Å². The molecule has 0 aliphatic carbocycles. The Morgan fingerprint density at radius 1 is 0.727 bits per heavy atom. The van der Waals surface area contributed by atoms with E-state index in [0.717, 1.165) is 38.5 Å². The van der Waals surface area contributed by atoms with Gasteiger partial charge in [-0.05, 0) is 25.7 Å². The van der Waals surface area contributed by atoms with E-state index >= 15 is 0 Å². The van der Waals surface area contributed by atoms with Gasteiger partial charge in [0.1, 0.15) is 28.1 Å². The molecule has 6 heteroatoms. The minimum atomic E-state index is -0.521. The molecular weight excluding hydrogens is 420 g/mol. The maximum absolute atomic E-state index is 13.5. The van der Waals surface area contributed by atoms with Gasteiger partial charge >= 0.3 is 0 Å². The molecule has 0 fully saturated rings. The summed E-state index contributed by atoms with van der Waals surface area (Å²) >= 11 is 0. The molecule has 33 heavy (non-hydrogen) atoms. The highest BCUT2D eigenvalue weighted by Crippen LogP contribution is 2.40. The summed E-state index contributed by atoms with van der Waals surface area (Å²) in [7, 11) is 0. The molecule has 6 nitrogen and oxygen atoms in total. The number of phenolic OH excluding ortho intramolecular Hbond substituents is 4. The highest BCUT2D eigenvalue weighted by Gasteiger charge is 2.22. The molecule has 3 rings (SSSR count). The van der Waals surface area contributed by atoms with Crippen LogP contribution in [0, 0.1) is 0 Å². The van der Waals surface area contributed by atoms with Crippen LogP contribution in [0.3, 0.4) is 0 Å². The van der Waals surface area contributed by atoms with Gasteiger partial charge in [0.25, 0.3) is 0 Å². The fourth-order valence-electron chi connectivity index (χ4n) is 3.91. The number of hydrogen-bond donors (Lipinski definition) is 4. The Balaban J connectivity index is 2.15. The average molecular weight is 453 g/mol. The first kappa shape index (κ1) is 24.2. The van der Waals surface area contributed by atoms with Crippen LogP contribution in [0.5, 0.6) is 23.0 Å². The second kappa shape index (κ2) is 10.9. The van der Waals surface area contributed by atoms with E-state index in [1.54, 1.807) is 0 Å². The maximum Gasteiger partial charge on any atom is 0.204 e. The summed E-state index contributed by atoms with van der Waals surface area (Å²) in [5.74, 6) is -1.29. The second-order valence-corrected chi connectivity index (χ2v) is 8.26. The zero-order valence-electron chi connectivity index (χ0n) is 19.2. The van der Waals surface area contributed by atoms with Crippen LogP contribution < -0.4 is 5.43 Å². The lowest BCUT2D eigenvalue weighted by atomic mass is 9.99. The van der Waals surface area contributed by atoms with Crippen LogP contribution in [0.4, 0.5) is 0 Å². The normalized spacial score (nSPS) is 12.1. The SMILES string of the molecule is CCCCC=CCc1c(O)cc2oc3cc(O)c(O)c(CC=CCCCC)c3c(=O)c2c1O. The summed E-state index contributed by atoms with van der Waals surface area (Å²) in [5, 5.41) is 42.0. The van der Waals surface area contributed by atoms with E-state index in [0.29, 0.717) is 0 Å². The van der Waals surface area contributed by atoms with E-state index in [1.807, 2.05) is 24.3 Å². The van der Waals surface area contributed by atoms with Crippen molar-refractivity contribution in [1.29, 1.82) is 0 Å². The van der Waals surface area contributed by atoms with Crippen LogP contribution >= 0.6 is 0 Å². The Bertz CT molecular complexity index is 1250. The molecule has 1 heterocycles. The van der Waals surface area contributed by atoms with Gasteiger partial charge in [0.05, 0.1) is 5.39 Å². The van der Waals surface area contributed by atoms with Gasteiger partial charge in [0.2, 0.25) is 5.43 Å². The van der Waals surface area contributed by atoms with Gasteiger partial charge in [-0.2, -0.15) is 0 Å². The van der Waals surface area contributed by atoms with Gasteiger partial charge in [-0.3, -0.25) is 4.79 Å². The lowest BCUT2D eigenvalue weighted by Gasteiger charge is -2.12. The summed E-state index contributed by atoms with van der Waals surface area (Å²) in [6, 6.07) is 2.48. The van der Waals surface area contributed by atoms with Crippen LogP contribution in [0.25, 0.3) is 21.9 Å². The van der Waals surface area contributed by atoms with Crippen molar-refractivity contribution >= 4 is 21.9 Å². The molecule has 2 aromatic carbocycles. The first-order valence-corrected chi connectivity index (χ1v) is 11.6. The second-order valence-electron chi connectivity index (χ2n) is 8.26. The van der Waals surface area contributed by atoms with E-state index in [4.69, 9.17) is 4.42 Å². The zero-order chi connectivity index (χ0) is 24.0. The van der Waals surface area contributed by atoms with E-state index in [9.17, 15) is 25.2 Å². The van der Waals surface area contributed by atoms with E-state index < -0.39 is 11.2 Å². The molecule has 0 aliphatic heterocycles. The molecule has 1 aromatic heterocycles. The molecule has 0 saturated heterocycles. The van der Waals surface area contributed by atoms with Gasteiger partial charge in [0, 0.05) is 23.3 Å². The number of fused-ring (bicyclic) bond motifs is 2. The average Bonchev–Trinajstić information content (AvgIpc) is 2.77. The Morgan fingerprint density at radius 2 is 1.27 bits per heavy atom. The van der Waals surface area contributed by atoms with Crippen molar-refractivity contribution < 1.29 is 24.8 Å². The topological polar surface area (TPSA) is 111 Å². The summed E-state index contributed by atoms with van der Waals surface area (Å²) in [4.78, 5) is 13.5. The monoisotopic (exact) mass is 452 g/mol. The molecule has 0 unspecified atom stereocenters. The molecule has 0 aliphatic rings. The van der Waals surface area contributed by atoms with Crippen molar-refractivity contribution in [3.05, 3.63) is 57.8 Å². The molecule has 0 saturated carbocycles. The van der Waals surface area contributed by atoms with Crippen LogP contribution in [-0.2, 0) is 12.8 Å². The number of aromatic hydroxyl groups is 4. The van der Waals surface area contributed by atoms with Crippen molar-refractivity contribution in [1.82, 2.24) is 0 Å². The number of allylic oxidation sites excluding steroid dienone is 4. The number of hydrogen-bond acceptors (Lipinski definition) is 6. The maximum atomic E-state index is 13.5. The smallest absolute Gasteiger partial charge is 0.204 e. The minimum Gasteiger partial charge on any atom is -0.507 e. The largest absolute Gasteiger partial charge is 0.507 e. The van der Waals surface area contributed by atoms with E-state index in [1.165, 1.54) is 12.1 Å². The molecule has 176 valence electrons. The van der Waals surface area contributed by atoms with Crippen LogP contribution in [0.2, 0.25) is 0 Å². The Labute approximate surface area is 193 Å². The molecule has 4 N–H and O–H groups in total. The van der Waals surface area contributed by atoms with Crippen molar-refractivity contribution in [2.24, 2.45) is 0 Å². The summed E-state index contributed by atoms with van der Waals surface area (Å²) in [5.41, 5.74) is 0.0431. The predicted molar refractivity (Wildman–Crippen MR) is 131 cm³/mol. The number of unbranched alkanes of at least 4 members (excludes halogenated alkanes) is 4. The number of benzene rings is 2. The fourth-order valence-corrected chi connectivity index (χ4v) is 3.91. The van der Waals surface area contributed by atoms with Gasteiger partial charge < -0.3 is 24.8 Å². The minimum absolute atomic E-state index is 0.00994. The first-order chi connectivity index (χ1) is 15.9. The molecule has 0 bridgehead atoms. The number of rotatable bonds is 10. The van der Waals surface area contributed by atoms with Crippen molar-refractivity contribution in [3.63, 3.8) is 0 Å². The predicted octanol–water partition coefficient (Wildman–Crippen LogP) is 6.35. The van der Waals surface area contributed by atoms with Crippen LogP contribution in [0.1, 0.15) is 63.5 Å². The molecule has 0 spiro atoms. The van der Waals surface area contributed by atoms with Crippen LogP contribution in [-0.4, -0.2) is 20.4 Å². The van der Waals surface area contributed by atoms with Crippen molar-refractivity contribution in [3.8, 4) is 23.0 Å². The Morgan fingerprint density at radius 3 is 1.88 bits per heavy atom. The molecule has 0 amide bonds. The highest BCUT2D eigenvalue weighted by molar-refractivity contribution is 5.97. The number of phenols is 4. The third-order valence-electron chi connectivity index (χ3n) is 5.79. The molecule has 3 aromatic rings. The summed E-state index contributed by atoms with van der Waals surface area (Å²) in [6.45, 7) is 4.20. The third-order valence-corrected chi connectivity index (χ3v) is 5.79. The first-order valence-electron chi connectivity index (χ1n) is 11.6. The van der Waals surface area contributed by atoms with E-state index in [2.05, 4.69) is 13.8 Å². The molecular formula is C27H32O6.